The van der Waals surface area contributed by atoms with Crippen molar-refractivity contribution in [3.05, 3.63) is 24.0 Å². The number of hydrogen-bond acceptors (Lipinski definition) is 7. The van der Waals surface area contributed by atoms with Gasteiger partial charge in [0.05, 0.1) is 5.75 Å². The molecular formula is C16H18N4O4S. The standard InChI is InChI=1S/C16H18N4O4S/c21-14(17-10-3-4-11-13(8-10)24-7-6-23-11)9-25-16-18-15(19-20-16)12-2-1-5-22-12/h3-4,8,12H,1-2,5-7,9H2,(H,17,21)(H,18,19,20)/t12-/m0/s1. The van der Waals surface area contributed by atoms with Gasteiger partial charge in [-0.15, -0.1) is 5.10 Å². The lowest BCUT2D eigenvalue weighted by Gasteiger charge is -2.18. The SMILES string of the molecule is O=C(CSc1n[nH]c([C@@H]2CCCO2)n1)Nc1ccc2c(c1)OCCO2. The van der Waals surface area contributed by atoms with Crippen LogP contribution in [0.5, 0.6) is 11.5 Å². The third-order valence-corrected chi connectivity index (χ3v) is 4.72. The number of H-pyrrole nitrogens is 1. The van der Waals surface area contributed by atoms with E-state index in [0.29, 0.717) is 35.6 Å². The molecule has 9 heteroatoms. The van der Waals surface area contributed by atoms with Crippen molar-refractivity contribution in [1.82, 2.24) is 15.2 Å². The lowest BCUT2D eigenvalue weighted by atomic mass is 10.2. The molecule has 2 aliphatic rings. The van der Waals surface area contributed by atoms with E-state index < -0.39 is 0 Å². The Labute approximate surface area is 148 Å². The van der Waals surface area contributed by atoms with Crippen molar-refractivity contribution in [3.8, 4) is 11.5 Å². The number of carbonyl (C=O) groups is 1. The fraction of sp³-hybridized carbons (Fsp3) is 0.438. The summed E-state index contributed by atoms with van der Waals surface area (Å²) in [7, 11) is 0. The first-order valence-electron chi connectivity index (χ1n) is 8.14. The van der Waals surface area contributed by atoms with E-state index in [1.165, 1.54) is 11.8 Å². The van der Waals surface area contributed by atoms with Crippen molar-refractivity contribution in [3.63, 3.8) is 0 Å². The maximum Gasteiger partial charge on any atom is 0.234 e. The van der Waals surface area contributed by atoms with E-state index in [1.807, 2.05) is 0 Å². The molecule has 3 heterocycles. The van der Waals surface area contributed by atoms with Gasteiger partial charge in [0.15, 0.2) is 17.3 Å². The second-order valence-electron chi connectivity index (χ2n) is 5.70. The van der Waals surface area contributed by atoms with Crippen molar-refractivity contribution in [2.24, 2.45) is 0 Å². The molecule has 0 saturated carbocycles. The van der Waals surface area contributed by atoms with Gasteiger partial charge in [-0.05, 0) is 25.0 Å². The fourth-order valence-electron chi connectivity index (χ4n) is 2.71. The number of fused-ring (bicyclic) bond motifs is 1. The van der Waals surface area contributed by atoms with E-state index in [1.54, 1.807) is 18.2 Å². The maximum atomic E-state index is 12.1. The number of hydrogen-bond donors (Lipinski definition) is 2. The molecule has 8 nitrogen and oxygen atoms in total. The van der Waals surface area contributed by atoms with Crippen molar-refractivity contribution in [1.29, 1.82) is 0 Å². The highest BCUT2D eigenvalue weighted by Crippen LogP contribution is 2.32. The largest absolute Gasteiger partial charge is 0.486 e. The summed E-state index contributed by atoms with van der Waals surface area (Å²) in [5.74, 6) is 2.15. The van der Waals surface area contributed by atoms with Crippen LogP contribution < -0.4 is 14.8 Å². The molecule has 1 amide bonds. The average Bonchev–Trinajstić information content (AvgIpc) is 3.31. The number of aromatic nitrogens is 3. The Hall–Kier alpha value is -2.26. The highest BCUT2D eigenvalue weighted by molar-refractivity contribution is 7.99. The summed E-state index contributed by atoms with van der Waals surface area (Å²) < 4.78 is 16.5. The molecule has 132 valence electrons. The number of rotatable bonds is 5. The first kappa shape index (κ1) is 16.2. The summed E-state index contributed by atoms with van der Waals surface area (Å²) in [6.45, 7) is 1.81. The Bertz CT molecular complexity index is 760. The number of nitrogens with zero attached hydrogens (tertiary/aromatic N) is 2. The van der Waals surface area contributed by atoms with Gasteiger partial charge in [-0.1, -0.05) is 11.8 Å². The van der Waals surface area contributed by atoms with E-state index in [9.17, 15) is 4.79 Å². The Morgan fingerprint density at radius 1 is 1.28 bits per heavy atom. The van der Waals surface area contributed by atoms with Crippen molar-refractivity contribution >= 4 is 23.4 Å². The Morgan fingerprint density at radius 2 is 2.16 bits per heavy atom. The number of aromatic amines is 1. The van der Waals surface area contributed by atoms with Crippen LogP contribution in [0.3, 0.4) is 0 Å². The van der Waals surface area contributed by atoms with Crippen LogP contribution in [0.1, 0.15) is 24.8 Å². The van der Waals surface area contributed by atoms with Crippen molar-refractivity contribution in [2.75, 3.05) is 30.9 Å². The molecule has 0 spiro atoms. The molecule has 1 atom stereocenters. The molecule has 2 aromatic rings. The molecule has 1 aromatic carbocycles. The lowest BCUT2D eigenvalue weighted by molar-refractivity contribution is -0.113. The van der Waals surface area contributed by atoms with Crippen LogP contribution >= 0.6 is 11.8 Å². The van der Waals surface area contributed by atoms with Gasteiger partial charge < -0.3 is 19.5 Å². The van der Waals surface area contributed by atoms with Gasteiger partial charge in [-0.3, -0.25) is 9.89 Å². The molecule has 1 fully saturated rings. The van der Waals surface area contributed by atoms with E-state index in [0.717, 1.165) is 25.3 Å². The van der Waals surface area contributed by atoms with Gasteiger partial charge in [0.2, 0.25) is 11.1 Å². The molecule has 0 bridgehead atoms. The summed E-state index contributed by atoms with van der Waals surface area (Å²) in [6.07, 6.45) is 1.98. The smallest absolute Gasteiger partial charge is 0.234 e. The van der Waals surface area contributed by atoms with Gasteiger partial charge in [0.25, 0.3) is 0 Å². The summed E-state index contributed by atoms with van der Waals surface area (Å²) in [6, 6.07) is 5.35. The van der Waals surface area contributed by atoms with E-state index in [4.69, 9.17) is 14.2 Å². The molecule has 4 rings (SSSR count). The minimum Gasteiger partial charge on any atom is -0.486 e. The first-order chi connectivity index (χ1) is 12.3. The summed E-state index contributed by atoms with van der Waals surface area (Å²) in [4.78, 5) is 16.5. The quantitative estimate of drug-likeness (QED) is 0.787. The number of carbonyl (C=O) groups excluding carboxylic acids is 1. The minimum atomic E-state index is -0.134. The zero-order valence-corrected chi connectivity index (χ0v) is 14.3. The highest BCUT2D eigenvalue weighted by Gasteiger charge is 2.21. The van der Waals surface area contributed by atoms with Crippen LogP contribution in [-0.2, 0) is 9.53 Å². The van der Waals surface area contributed by atoms with Gasteiger partial charge in [-0.2, -0.15) is 0 Å². The molecule has 1 aromatic heterocycles. The Morgan fingerprint density at radius 3 is 3.00 bits per heavy atom. The third kappa shape index (κ3) is 3.88. The molecule has 0 radical (unpaired) electrons. The van der Waals surface area contributed by atoms with Crippen LogP contribution in [-0.4, -0.2) is 46.7 Å². The predicted molar refractivity (Wildman–Crippen MR) is 91.1 cm³/mol. The minimum absolute atomic E-state index is 0.00612. The predicted octanol–water partition coefficient (Wildman–Crippen LogP) is 2.16. The number of thioether (sulfide) groups is 1. The first-order valence-corrected chi connectivity index (χ1v) is 9.13. The highest BCUT2D eigenvalue weighted by atomic mass is 32.2. The zero-order chi connectivity index (χ0) is 17.1. The number of amides is 1. The number of ether oxygens (including phenoxy) is 3. The number of anilines is 1. The number of nitrogens with one attached hydrogen (secondary N) is 2. The molecule has 0 unspecified atom stereocenters. The molecule has 25 heavy (non-hydrogen) atoms. The van der Waals surface area contributed by atoms with E-state index in [-0.39, 0.29) is 17.8 Å². The van der Waals surface area contributed by atoms with E-state index >= 15 is 0 Å². The number of benzene rings is 1. The van der Waals surface area contributed by atoms with Crippen molar-refractivity contribution < 1.29 is 19.0 Å². The van der Waals surface area contributed by atoms with Gasteiger partial charge in [0, 0.05) is 18.4 Å². The maximum absolute atomic E-state index is 12.1. The second kappa shape index (κ2) is 7.32. The normalized spacial score (nSPS) is 19.0. The second-order valence-corrected chi connectivity index (χ2v) is 6.64. The molecular weight excluding hydrogens is 344 g/mol. The summed E-state index contributed by atoms with van der Waals surface area (Å²) in [5, 5.41) is 10.4. The van der Waals surface area contributed by atoms with Gasteiger partial charge in [0.1, 0.15) is 19.3 Å². The van der Waals surface area contributed by atoms with Crippen molar-refractivity contribution in [2.45, 2.75) is 24.1 Å². The van der Waals surface area contributed by atoms with Crippen LogP contribution in [0.15, 0.2) is 23.4 Å². The lowest BCUT2D eigenvalue weighted by Crippen LogP contribution is -2.17. The fourth-order valence-corrected chi connectivity index (χ4v) is 3.31. The molecule has 2 aliphatic heterocycles. The van der Waals surface area contributed by atoms with Crippen LogP contribution in [0.2, 0.25) is 0 Å². The summed E-state index contributed by atoms with van der Waals surface area (Å²) in [5.41, 5.74) is 0.671. The van der Waals surface area contributed by atoms with E-state index in [2.05, 4.69) is 20.5 Å². The Balaban J connectivity index is 1.30. The molecule has 0 aliphatic carbocycles. The topological polar surface area (TPSA) is 98.4 Å². The molecule has 2 N–H and O–H groups in total. The van der Waals surface area contributed by atoms with Gasteiger partial charge >= 0.3 is 0 Å². The van der Waals surface area contributed by atoms with Crippen LogP contribution in [0, 0.1) is 0 Å². The average molecular weight is 362 g/mol. The van der Waals surface area contributed by atoms with Crippen LogP contribution in [0.4, 0.5) is 5.69 Å². The molecule has 1 saturated heterocycles. The van der Waals surface area contributed by atoms with Gasteiger partial charge in [-0.25, -0.2) is 4.98 Å². The zero-order valence-electron chi connectivity index (χ0n) is 13.5. The monoisotopic (exact) mass is 362 g/mol. The van der Waals surface area contributed by atoms with Crippen LogP contribution in [0.25, 0.3) is 0 Å². The third-order valence-electron chi connectivity index (χ3n) is 3.88. The Kier molecular flexibility index (Phi) is 4.75. The summed E-state index contributed by atoms with van der Waals surface area (Å²) >= 11 is 1.28.